The fourth-order valence-electron chi connectivity index (χ4n) is 3.50. The number of thiophene rings is 1. The van der Waals surface area contributed by atoms with Gasteiger partial charge in [0.1, 0.15) is 0 Å². The second-order valence-electron chi connectivity index (χ2n) is 6.48. The zero-order chi connectivity index (χ0) is 18.1. The summed E-state index contributed by atoms with van der Waals surface area (Å²) < 4.78 is 0. The van der Waals surface area contributed by atoms with E-state index in [1.54, 1.807) is 0 Å². The number of amides is 2. The summed E-state index contributed by atoms with van der Waals surface area (Å²) in [5.74, 6) is -0.359. The molecule has 0 aliphatic carbocycles. The Kier molecular flexibility index (Phi) is 4.47. The highest BCUT2D eigenvalue weighted by Crippen LogP contribution is 2.39. The first-order valence-electron chi connectivity index (χ1n) is 8.92. The van der Waals surface area contributed by atoms with Gasteiger partial charge in [0.15, 0.2) is 0 Å². The molecule has 0 radical (unpaired) electrons. The molecule has 4 nitrogen and oxygen atoms in total. The molecule has 3 heterocycles. The average Bonchev–Trinajstić information content (AvgIpc) is 3.36. The zero-order valence-electron chi connectivity index (χ0n) is 14.6. The van der Waals surface area contributed by atoms with Crippen LogP contribution < -0.4 is 0 Å². The maximum Gasteiger partial charge on any atom is 0.262 e. The quantitative estimate of drug-likeness (QED) is 0.509. The number of rotatable bonds is 6. The number of imide groups is 1. The van der Waals surface area contributed by atoms with Crippen LogP contribution in [-0.2, 0) is 9.59 Å². The van der Waals surface area contributed by atoms with Gasteiger partial charge in [0.05, 0.1) is 11.1 Å². The third-order valence-corrected chi connectivity index (χ3v) is 5.50. The van der Waals surface area contributed by atoms with Crippen molar-refractivity contribution in [1.29, 1.82) is 0 Å². The van der Waals surface area contributed by atoms with E-state index in [1.807, 2.05) is 47.3 Å². The average molecular weight is 364 g/mol. The lowest BCUT2D eigenvalue weighted by Gasteiger charge is -2.14. The van der Waals surface area contributed by atoms with Crippen molar-refractivity contribution in [1.82, 2.24) is 9.88 Å². The standard InChI is InChI=1S/C21H20N2O2S/c1-2-3-6-10-23-20(24)18(14-9-11-26-13-14)19(21(23)25)16-12-22-17-8-5-4-7-15(16)17/h4-5,7-9,11-13,22H,2-3,6,10H2,1H3. The van der Waals surface area contributed by atoms with Crippen LogP contribution in [0, 0.1) is 0 Å². The van der Waals surface area contributed by atoms with Gasteiger partial charge >= 0.3 is 0 Å². The summed E-state index contributed by atoms with van der Waals surface area (Å²) in [5, 5.41) is 4.84. The molecule has 2 aromatic heterocycles. The lowest BCUT2D eigenvalue weighted by Crippen LogP contribution is -2.32. The van der Waals surface area contributed by atoms with E-state index in [9.17, 15) is 9.59 Å². The normalized spacial score (nSPS) is 14.9. The van der Waals surface area contributed by atoms with Crippen LogP contribution in [0.15, 0.2) is 47.3 Å². The molecule has 0 bridgehead atoms. The Balaban J connectivity index is 1.84. The molecule has 3 aromatic rings. The third kappa shape index (κ3) is 2.69. The molecular weight excluding hydrogens is 344 g/mol. The minimum Gasteiger partial charge on any atom is -0.361 e. The third-order valence-electron chi connectivity index (χ3n) is 4.82. The molecule has 0 atom stereocenters. The van der Waals surface area contributed by atoms with Crippen LogP contribution in [0.5, 0.6) is 0 Å². The number of aromatic amines is 1. The van der Waals surface area contributed by atoms with Crippen LogP contribution in [0.3, 0.4) is 0 Å². The first-order chi connectivity index (χ1) is 12.7. The van der Waals surface area contributed by atoms with Crippen molar-refractivity contribution in [2.24, 2.45) is 0 Å². The molecule has 1 aromatic carbocycles. The Morgan fingerprint density at radius 1 is 1.04 bits per heavy atom. The molecule has 1 aliphatic rings. The summed E-state index contributed by atoms with van der Waals surface area (Å²) >= 11 is 1.53. The molecule has 132 valence electrons. The van der Waals surface area contributed by atoms with Crippen LogP contribution in [0.1, 0.15) is 37.3 Å². The maximum absolute atomic E-state index is 13.2. The van der Waals surface area contributed by atoms with E-state index < -0.39 is 0 Å². The Hall–Kier alpha value is -2.66. The summed E-state index contributed by atoms with van der Waals surface area (Å²) in [7, 11) is 0. The molecule has 26 heavy (non-hydrogen) atoms. The minimum atomic E-state index is -0.183. The fraction of sp³-hybridized carbons (Fsp3) is 0.238. The van der Waals surface area contributed by atoms with Crippen molar-refractivity contribution in [3.05, 3.63) is 58.4 Å². The Labute approximate surface area is 156 Å². The van der Waals surface area contributed by atoms with Crippen molar-refractivity contribution in [3.63, 3.8) is 0 Å². The number of aromatic nitrogens is 1. The molecule has 0 saturated heterocycles. The van der Waals surface area contributed by atoms with Crippen molar-refractivity contribution in [2.75, 3.05) is 6.54 Å². The predicted molar refractivity (Wildman–Crippen MR) is 106 cm³/mol. The van der Waals surface area contributed by atoms with Crippen molar-refractivity contribution >= 4 is 45.2 Å². The maximum atomic E-state index is 13.2. The van der Waals surface area contributed by atoms with Gasteiger partial charge in [-0.25, -0.2) is 0 Å². The van der Waals surface area contributed by atoms with E-state index in [1.165, 1.54) is 16.2 Å². The first kappa shape index (κ1) is 16.8. The smallest absolute Gasteiger partial charge is 0.262 e. The molecule has 1 aliphatic heterocycles. The van der Waals surface area contributed by atoms with Gasteiger partial charge in [-0.3, -0.25) is 14.5 Å². The van der Waals surface area contributed by atoms with Gasteiger partial charge < -0.3 is 4.98 Å². The number of hydrogen-bond donors (Lipinski definition) is 1. The fourth-order valence-corrected chi connectivity index (χ4v) is 4.15. The predicted octanol–water partition coefficient (Wildman–Crippen LogP) is 4.70. The van der Waals surface area contributed by atoms with E-state index in [-0.39, 0.29) is 11.8 Å². The number of H-pyrrole nitrogens is 1. The second kappa shape index (κ2) is 6.92. The Morgan fingerprint density at radius 2 is 1.85 bits per heavy atom. The summed E-state index contributed by atoms with van der Waals surface area (Å²) in [5.41, 5.74) is 3.63. The largest absolute Gasteiger partial charge is 0.361 e. The highest BCUT2D eigenvalue weighted by atomic mass is 32.1. The second-order valence-corrected chi connectivity index (χ2v) is 7.26. The lowest BCUT2D eigenvalue weighted by atomic mass is 9.97. The molecular formula is C21H20N2O2S. The van der Waals surface area contributed by atoms with Gasteiger partial charge in [0, 0.05) is 29.2 Å². The van der Waals surface area contributed by atoms with E-state index >= 15 is 0 Å². The van der Waals surface area contributed by atoms with Gasteiger partial charge in [-0.05, 0) is 34.9 Å². The molecule has 5 heteroatoms. The number of para-hydroxylation sites is 1. The van der Waals surface area contributed by atoms with E-state index in [4.69, 9.17) is 0 Å². The molecule has 0 spiro atoms. The first-order valence-corrected chi connectivity index (χ1v) is 9.86. The Bertz CT molecular complexity index is 998. The van der Waals surface area contributed by atoms with Gasteiger partial charge in [-0.2, -0.15) is 11.3 Å². The highest BCUT2D eigenvalue weighted by Gasteiger charge is 2.40. The van der Waals surface area contributed by atoms with Gasteiger partial charge in [-0.15, -0.1) is 0 Å². The van der Waals surface area contributed by atoms with Gasteiger partial charge in [0.2, 0.25) is 0 Å². The number of carbonyl (C=O) groups excluding carboxylic acids is 2. The number of unbranched alkanes of at least 4 members (excludes halogenated alkanes) is 2. The van der Waals surface area contributed by atoms with Crippen molar-refractivity contribution in [3.8, 4) is 0 Å². The summed E-state index contributed by atoms with van der Waals surface area (Å²) in [6.07, 6.45) is 4.74. The minimum absolute atomic E-state index is 0.176. The van der Waals surface area contributed by atoms with Crippen LogP contribution in [0.25, 0.3) is 22.0 Å². The van der Waals surface area contributed by atoms with Gasteiger partial charge in [0.25, 0.3) is 11.8 Å². The molecule has 0 saturated carbocycles. The molecule has 1 N–H and O–H groups in total. The van der Waals surface area contributed by atoms with Crippen LogP contribution in [0.4, 0.5) is 0 Å². The van der Waals surface area contributed by atoms with Crippen LogP contribution in [0.2, 0.25) is 0 Å². The Morgan fingerprint density at radius 3 is 2.62 bits per heavy atom. The van der Waals surface area contributed by atoms with E-state index in [0.717, 1.165) is 41.3 Å². The number of benzene rings is 1. The topological polar surface area (TPSA) is 53.2 Å². The van der Waals surface area contributed by atoms with E-state index in [0.29, 0.717) is 17.7 Å². The van der Waals surface area contributed by atoms with Crippen molar-refractivity contribution in [2.45, 2.75) is 26.2 Å². The number of hydrogen-bond acceptors (Lipinski definition) is 3. The number of carbonyl (C=O) groups is 2. The summed E-state index contributed by atoms with van der Waals surface area (Å²) in [4.78, 5) is 30.9. The van der Waals surface area contributed by atoms with E-state index in [2.05, 4.69) is 11.9 Å². The van der Waals surface area contributed by atoms with Crippen molar-refractivity contribution < 1.29 is 9.59 Å². The molecule has 4 rings (SSSR count). The molecule has 2 amide bonds. The SMILES string of the molecule is CCCCCN1C(=O)C(c2ccsc2)=C(c2c[nH]c3ccccc23)C1=O. The molecule has 0 fully saturated rings. The number of nitrogens with zero attached hydrogens (tertiary/aromatic N) is 1. The number of nitrogens with one attached hydrogen (secondary N) is 1. The monoisotopic (exact) mass is 364 g/mol. The summed E-state index contributed by atoms with van der Waals surface area (Å²) in [6, 6.07) is 9.77. The number of fused-ring (bicyclic) bond motifs is 1. The van der Waals surface area contributed by atoms with Gasteiger partial charge in [-0.1, -0.05) is 38.0 Å². The van der Waals surface area contributed by atoms with Crippen LogP contribution in [-0.4, -0.2) is 28.2 Å². The lowest BCUT2D eigenvalue weighted by molar-refractivity contribution is -0.136. The van der Waals surface area contributed by atoms with Crippen LogP contribution >= 0.6 is 11.3 Å². The summed E-state index contributed by atoms with van der Waals surface area (Å²) in [6.45, 7) is 2.59. The molecule has 0 unspecified atom stereocenters. The highest BCUT2D eigenvalue weighted by molar-refractivity contribution is 7.08. The zero-order valence-corrected chi connectivity index (χ0v) is 15.4.